The number of carboxylic acids is 1. The second kappa shape index (κ2) is 4.57. The van der Waals surface area contributed by atoms with E-state index < -0.39 is 5.97 Å². The highest BCUT2D eigenvalue weighted by atomic mass is 16.4. The average Bonchev–Trinajstić information content (AvgIpc) is 3.11. The van der Waals surface area contributed by atoms with Gasteiger partial charge in [-0.15, -0.1) is 0 Å². The molecule has 1 aromatic rings. The van der Waals surface area contributed by atoms with Gasteiger partial charge < -0.3 is 10.4 Å². The van der Waals surface area contributed by atoms with Crippen LogP contribution in [-0.2, 0) is 0 Å². The smallest absolute Gasteiger partial charge is 0.339 e. The molecular weight excluding hydrogens is 230 g/mol. The highest BCUT2D eigenvalue weighted by Gasteiger charge is 2.34. The van der Waals surface area contributed by atoms with Gasteiger partial charge in [0, 0.05) is 37.6 Å². The lowest BCUT2D eigenvalue weighted by Crippen LogP contribution is -2.28. The first-order valence-corrected chi connectivity index (χ1v) is 6.42. The molecule has 2 N–H and O–H groups in total. The highest BCUT2D eigenvalue weighted by Crippen LogP contribution is 2.30. The predicted octanol–water partition coefficient (Wildman–Crippen LogP) is 1.43. The number of aromatic carboxylic acids is 1. The average molecular weight is 247 g/mol. The van der Waals surface area contributed by atoms with Crippen LogP contribution in [0.15, 0.2) is 18.5 Å². The second-order valence-corrected chi connectivity index (χ2v) is 5.08. The van der Waals surface area contributed by atoms with Crippen molar-refractivity contribution in [1.82, 2.24) is 9.88 Å². The zero-order chi connectivity index (χ0) is 12.5. The van der Waals surface area contributed by atoms with E-state index >= 15 is 0 Å². The van der Waals surface area contributed by atoms with Crippen LogP contribution in [0.4, 0.5) is 5.69 Å². The van der Waals surface area contributed by atoms with E-state index in [4.69, 9.17) is 5.11 Å². The largest absolute Gasteiger partial charge is 0.478 e. The van der Waals surface area contributed by atoms with E-state index in [1.165, 1.54) is 19.0 Å². The first kappa shape index (κ1) is 11.5. The number of pyridine rings is 1. The number of aromatic nitrogens is 1. The Hall–Kier alpha value is -1.62. The molecule has 5 heteroatoms. The summed E-state index contributed by atoms with van der Waals surface area (Å²) in [5, 5.41) is 12.4. The molecule has 0 radical (unpaired) electrons. The molecule has 1 saturated heterocycles. The van der Waals surface area contributed by atoms with Crippen LogP contribution in [0.2, 0.25) is 0 Å². The second-order valence-electron chi connectivity index (χ2n) is 5.08. The minimum absolute atomic E-state index is 0.252. The van der Waals surface area contributed by atoms with Crippen molar-refractivity contribution < 1.29 is 9.90 Å². The van der Waals surface area contributed by atoms with Crippen LogP contribution < -0.4 is 5.32 Å². The minimum atomic E-state index is -0.928. The van der Waals surface area contributed by atoms with Gasteiger partial charge in [-0.25, -0.2) is 4.79 Å². The monoisotopic (exact) mass is 247 g/mol. The molecule has 18 heavy (non-hydrogen) atoms. The van der Waals surface area contributed by atoms with E-state index in [2.05, 4.69) is 15.2 Å². The van der Waals surface area contributed by atoms with Crippen LogP contribution >= 0.6 is 0 Å². The zero-order valence-corrected chi connectivity index (χ0v) is 10.2. The maximum atomic E-state index is 11.1. The normalized spacial score (nSPS) is 24.1. The standard InChI is InChI=1S/C13H17N3O2/c17-13(18)11-7-14-5-3-12(11)15-9-4-6-16(8-9)10-1-2-10/h3,5,7,9-10H,1-2,4,6,8H2,(H,14,15)(H,17,18). The molecule has 96 valence electrons. The van der Waals surface area contributed by atoms with Crippen LogP contribution in [0, 0.1) is 0 Å². The van der Waals surface area contributed by atoms with Crippen molar-refractivity contribution in [2.75, 3.05) is 18.4 Å². The minimum Gasteiger partial charge on any atom is -0.478 e. The van der Waals surface area contributed by atoms with Gasteiger partial charge in [-0.2, -0.15) is 0 Å². The molecule has 1 aliphatic carbocycles. The maximum absolute atomic E-state index is 11.1. The maximum Gasteiger partial charge on any atom is 0.339 e. The number of hydrogen-bond donors (Lipinski definition) is 2. The Bertz CT molecular complexity index is 459. The van der Waals surface area contributed by atoms with Crippen LogP contribution in [0.5, 0.6) is 0 Å². The van der Waals surface area contributed by atoms with Gasteiger partial charge in [0.25, 0.3) is 0 Å². The molecule has 1 aliphatic heterocycles. The van der Waals surface area contributed by atoms with Gasteiger partial charge in [-0.3, -0.25) is 9.88 Å². The molecule has 0 spiro atoms. The van der Waals surface area contributed by atoms with E-state index in [9.17, 15) is 4.79 Å². The van der Waals surface area contributed by atoms with Crippen LogP contribution in [0.25, 0.3) is 0 Å². The fourth-order valence-corrected chi connectivity index (χ4v) is 2.59. The van der Waals surface area contributed by atoms with Crippen molar-refractivity contribution >= 4 is 11.7 Å². The van der Waals surface area contributed by atoms with Crippen LogP contribution in [0.1, 0.15) is 29.6 Å². The third kappa shape index (κ3) is 2.31. The van der Waals surface area contributed by atoms with Gasteiger partial charge in [0.2, 0.25) is 0 Å². The quantitative estimate of drug-likeness (QED) is 0.842. The van der Waals surface area contributed by atoms with Crippen molar-refractivity contribution in [3.05, 3.63) is 24.0 Å². The van der Waals surface area contributed by atoms with Crippen molar-refractivity contribution in [1.29, 1.82) is 0 Å². The van der Waals surface area contributed by atoms with E-state index in [0.29, 0.717) is 11.7 Å². The number of anilines is 1. The fraction of sp³-hybridized carbons (Fsp3) is 0.538. The Kier molecular flexibility index (Phi) is 2.91. The summed E-state index contributed by atoms with van der Waals surface area (Å²) in [6.45, 7) is 2.14. The number of hydrogen-bond acceptors (Lipinski definition) is 4. The summed E-state index contributed by atoms with van der Waals surface area (Å²) in [4.78, 5) is 17.5. The molecule has 1 atom stereocenters. The molecule has 0 bridgehead atoms. The van der Waals surface area contributed by atoms with Crippen molar-refractivity contribution in [2.45, 2.75) is 31.3 Å². The number of likely N-dealkylation sites (tertiary alicyclic amines) is 1. The lowest BCUT2D eigenvalue weighted by atomic mass is 10.2. The molecule has 2 fully saturated rings. The summed E-state index contributed by atoms with van der Waals surface area (Å²) in [6.07, 6.45) is 6.75. The number of nitrogens with one attached hydrogen (secondary N) is 1. The number of carbonyl (C=O) groups is 1. The lowest BCUT2D eigenvalue weighted by molar-refractivity contribution is 0.0697. The van der Waals surface area contributed by atoms with Gasteiger partial charge in [0.15, 0.2) is 0 Å². The van der Waals surface area contributed by atoms with E-state index in [1.807, 2.05) is 0 Å². The third-order valence-corrected chi connectivity index (χ3v) is 3.69. The Balaban J connectivity index is 1.67. The zero-order valence-electron chi connectivity index (χ0n) is 10.2. The van der Waals surface area contributed by atoms with E-state index in [0.717, 1.165) is 25.6 Å². The first-order valence-electron chi connectivity index (χ1n) is 6.42. The van der Waals surface area contributed by atoms with Crippen molar-refractivity contribution in [3.8, 4) is 0 Å². The first-order chi connectivity index (χ1) is 8.74. The van der Waals surface area contributed by atoms with E-state index in [-0.39, 0.29) is 5.56 Å². The molecule has 3 rings (SSSR count). The Morgan fingerprint density at radius 1 is 1.44 bits per heavy atom. The summed E-state index contributed by atoms with van der Waals surface area (Å²) >= 11 is 0. The van der Waals surface area contributed by atoms with Crippen LogP contribution in [-0.4, -0.2) is 46.1 Å². The Morgan fingerprint density at radius 2 is 2.28 bits per heavy atom. The SMILES string of the molecule is O=C(O)c1cnccc1NC1CCN(C2CC2)C1. The Morgan fingerprint density at radius 3 is 3.00 bits per heavy atom. The summed E-state index contributed by atoms with van der Waals surface area (Å²) in [5.41, 5.74) is 0.933. The molecule has 1 unspecified atom stereocenters. The number of rotatable bonds is 4. The molecular formula is C13H17N3O2. The van der Waals surface area contributed by atoms with Gasteiger partial charge in [-0.1, -0.05) is 0 Å². The summed E-state index contributed by atoms with van der Waals surface area (Å²) in [5.74, 6) is -0.928. The highest BCUT2D eigenvalue weighted by molar-refractivity contribution is 5.93. The third-order valence-electron chi connectivity index (χ3n) is 3.69. The number of nitrogens with zero attached hydrogens (tertiary/aromatic N) is 2. The topological polar surface area (TPSA) is 65.5 Å². The summed E-state index contributed by atoms with van der Waals surface area (Å²) in [7, 11) is 0. The van der Waals surface area contributed by atoms with Gasteiger partial charge in [0.05, 0.1) is 5.69 Å². The molecule has 0 aromatic carbocycles. The van der Waals surface area contributed by atoms with Gasteiger partial charge in [0.1, 0.15) is 5.56 Å². The predicted molar refractivity (Wildman–Crippen MR) is 67.8 cm³/mol. The van der Waals surface area contributed by atoms with Crippen LogP contribution in [0.3, 0.4) is 0 Å². The fourth-order valence-electron chi connectivity index (χ4n) is 2.59. The molecule has 0 amide bonds. The molecule has 5 nitrogen and oxygen atoms in total. The number of carboxylic acid groups (broad SMARTS) is 1. The summed E-state index contributed by atoms with van der Waals surface area (Å²) < 4.78 is 0. The van der Waals surface area contributed by atoms with Crippen molar-refractivity contribution in [3.63, 3.8) is 0 Å². The van der Waals surface area contributed by atoms with Crippen molar-refractivity contribution in [2.24, 2.45) is 0 Å². The summed E-state index contributed by atoms with van der Waals surface area (Å²) in [6, 6.07) is 2.88. The molecule has 1 aromatic heterocycles. The van der Waals surface area contributed by atoms with Gasteiger partial charge >= 0.3 is 5.97 Å². The van der Waals surface area contributed by atoms with E-state index in [1.54, 1.807) is 12.3 Å². The Labute approximate surface area is 106 Å². The lowest BCUT2D eigenvalue weighted by Gasteiger charge is -2.17. The molecule has 2 aliphatic rings. The molecule has 2 heterocycles. The molecule has 1 saturated carbocycles. The van der Waals surface area contributed by atoms with Gasteiger partial charge in [-0.05, 0) is 25.3 Å².